The Bertz CT molecular complexity index is 172. The van der Waals surface area contributed by atoms with Crippen molar-refractivity contribution < 1.29 is 5.11 Å². The van der Waals surface area contributed by atoms with Crippen molar-refractivity contribution in [1.82, 2.24) is 10.4 Å². The molecule has 0 amide bonds. The SMILES string of the molecule is CCN(CC)NCC1(O)CCC(C)CC1. The molecule has 15 heavy (non-hydrogen) atoms. The van der Waals surface area contributed by atoms with Crippen LogP contribution < -0.4 is 5.43 Å². The molecule has 0 aliphatic heterocycles. The number of nitrogens with one attached hydrogen (secondary N) is 1. The molecule has 3 heteroatoms. The van der Waals surface area contributed by atoms with Gasteiger partial charge in [0.25, 0.3) is 0 Å². The molecule has 1 saturated carbocycles. The predicted molar refractivity (Wildman–Crippen MR) is 63.5 cm³/mol. The smallest absolute Gasteiger partial charge is 0.0785 e. The van der Waals surface area contributed by atoms with Gasteiger partial charge in [0.15, 0.2) is 0 Å². The molecule has 0 spiro atoms. The monoisotopic (exact) mass is 214 g/mol. The van der Waals surface area contributed by atoms with Crippen molar-refractivity contribution in [2.24, 2.45) is 5.92 Å². The molecule has 1 fully saturated rings. The quantitative estimate of drug-likeness (QED) is 0.685. The largest absolute Gasteiger partial charge is 0.389 e. The molecular formula is C12H26N2O. The van der Waals surface area contributed by atoms with Gasteiger partial charge in [-0.2, -0.15) is 0 Å². The van der Waals surface area contributed by atoms with Crippen LogP contribution >= 0.6 is 0 Å². The Balaban J connectivity index is 2.30. The van der Waals surface area contributed by atoms with Crippen molar-refractivity contribution in [3.8, 4) is 0 Å². The van der Waals surface area contributed by atoms with Crippen molar-refractivity contribution in [2.45, 2.75) is 52.1 Å². The summed E-state index contributed by atoms with van der Waals surface area (Å²) >= 11 is 0. The standard InChI is InChI=1S/C12H26N2O/c1-4-14(5-2)13-10-12(15)8-6-11(3)7-9-12/h11,13,15H,4-10H2,1-3H3. The van der Waals surface area contributed by atoms with Gasteiger partial charge in [-0.15, -0.1) is 0 Å². The Labute approximate surface area is 93.8 Å². The number of hydrazine groups is 1. The van der Waals surface area contributed by atoms with E-state index >= 15 is 0 Å². The summed E-state index contributed by atoms with van der Waals surface area (Å²) < 4.78 is 0. The van der Waals surface area contributed by atoms with Gasteiger partial charge in [0, 0.05) is 19.6 Å². The summed E-state index contributed by atoms with van der Waals surface area (Å²) in [5, 5.41) is 12.5. The van der Waals surface area contributed by atoms with Crippen molar-refractivity contribution in [2.75, 3.05) is 19.6 Å². The number of nitrogens with zero attached hydrogens (tertiary/aromatic N) is 1. The minimum absolute atomic E-state index is 0.463. The molecule has 3 nitrogen and oxygen atoms in total. The Morgan fingerprint density at radius 1 is 1.27 bits per heavy atom. The molecule has 0 unspecified atom stereocenters. The zero-order chi connectivity index (χ0) is 11.3. The average molecular weight is 214 g/mol. The van der Waals surface area contributed by atoms with Gasteiger partial charge in [-0.1, -0.05) is 20.8 Å². The molecule has 0 aromatic heterocycles. The third-order valence-electron chi connectivity index (χ3n) is 3.60. The second kappa shape index (κ2) is 5.83. The van der Waals surface area contributed by atoms with E-state index in [0.717, 1.165) is 44.7 Å². The molecule has 2 N–H and O–H groups in total. The first kappa shape index (κ1) is 12.9. The van der Waals surface area contributed by atoms with E-state index in [9.17, 15) is 5.11 Å². The molecule has 0 atom stereocenters. The van der Waals surface area contributed by atoms with Gasteiger partial charge in [-0.05, 0) is 31.6 Å². The second-order valence-corrected chi connectivity index (χ2v) is 4.91. The zero-order valence-electron chi connectivity index (χ0n) is 10.4. The predicted octanol–water partition coefficient (Wildman–Crippen LogP) is 1.77. The number of hydrogen-bond acceptors (Lipinski definition) is 3. The third kappa shape index (κ3) is 4.09. The van der Waals surface area contributed by atoms with Crippen LogP contribution in [0.2, 0.25) is 0 Å². The third-order valence-corrected chi connectivity index (χ3v) is 3.60. The van der Waals surface area contributed by atoms with E-state index in [4.69, 9.17) is 0 Å². The van der Waals surface area contributed by atoms with Gasteiger partial charge in [-0.25, -0.2) is 5.01 Å². The highest BCUT2D eigenvalue weighted by Crippen LogP contribution is 2.31. The minimum Gasteiger partial charge on any atom is -0.389 e. The molecule has 1 aliphatic carbocycles. The van der Waals surface area contributed by atoms with Crippen LogP contribution in [0.25, 0.3) is 0 Å². The molecule has 0 radical (unpaired) electrons. The van der Waals surface area contributed by atoms with E-state index in [2.05, 4.69) is 31.2 Å². The molecule has 0 saturated heterocycles. The molecule has 0 heterocycles. The summed E-state index contributed by atoms with van der Waals surface area (Å²) in [6.07, 6.45) is 4.22. The van der Waals surface area contributed by atoms with Crippen LogP contribution in [0.5, 0.6) is 0 Å². The molecular weight excluding hydrogens is 188 g/mol. The van der Waals surface area contributed by atoms with E-state index in [1.807, 2.05) is 0 Å². The Kier molecular flexibility index (Phi) is 5.03. The van der Waals surface area contributed by atoms with E-state index in [1.165, 1.54) is 0 Å². The lowest BCUT2D eigenvalue weighted by Crippen LogP contribution is -2.49. The summed E-state index contributed by atoms with van der Waals surface area (Å²) in [5.41, 5.74) is 2.86. The number of aliphatic hydroxyl groups is 1. The summed E-state index contributed by atoms with van der Waals surface area (Å²) in [5.74, 6) is 0.790. The first-order valence-corrected chi connectivity index (χ1v) is 6.30. The van der Waals surface area contributed by atoms with Crippen LogP contribution in [0.15, 0.2) is 0 Å². The molecule has 0 bridgehead atoms. The molecule has 0 aromatic rings. The van der Waals surface area contributed by atoms with Crippen molar-refractivity contribution in [3.63, 3.8) is 0 Å². The first-order valence-electron chi connectivity index (χ1n) is 6.30. The first-order chi connectivity index (χ1) is 7.09. The highest BCUT2D eigenvalue weighted by atomic mass is 16.3. The topological polar surface area (TPSA) is 35.5 Å². The molecule has 1 rings (SSSR count). The van der Waals surface area contributed by atoms with Gasteiger partial charge in [0.2, 0.25) is 0 Å². The lowest BCUT2D eigenvalue weighted by Gasteiger charge is -2.36. The summed E-state index contributed by atoms with van der Waals surface area (Å²) in [6.45, 7) is 9.22. The van der Waals surface area contributed by atoms with E-state index in [-0.39, 0.29) is 0 Å². The maximum atomic E-state index is 10.3. The van der Waals surface area contributed by atoms with Crippen LogP contribution in [-0.2, 0) is 0 Å². The highest BCUT2D eigenvalue weighted by Gasteiger charge is 2.31. The molecule has 1 aliphatic rings. The van der Waals surface area contributed by atoms with Crippen LogP contribution in [-0.4, -0.2) is 35.4 Å². The second-order valence-electron chi connectivity index (χ2n) is 4.91. The summed E-state index contributed by atoms with van der Waals surface area (Å²) in [4.78, 5) is 0. The van der Waals surface area contributed by atoms with Crippen LogP contribution in [0.1, 0.15) is 46.5 Å². The van der Waals surface area contributed by atoms with Gasteiger partial charge < -0.3 is 5.11 Å². The number of hydrogen-bond donors (Lipinski definition) is 2. The Morgan fingerprint density at radius 3 is 2.27 bits per heavy atom. The summed E-state index contributed by atoms with van der Waals surface area (Å²) in [6, 6.07) is 0. The molecule has 90 valence electrons. The zero-order valence-corrected chi connectivity index (χ0v) is 10.4. The Hall–Kier alpha value is -0.120. The van der Waals surface area contributed by atoms with Gasteiger partial charge in [0.1, 0.15) is 0 Å². The van der Waals surface area contributed by atoms with E-state index < -0.39 is 5.60 Å². The Morgan fingerprint density at radius 2 is 1.80 bits per heavy atom. The minimum atomic E-state index is -0.463. The van der Waals surface area contributed by atoms with Gasteiger partial charge in [0.05, 0.1) is 5.60 Å². The lowest BCUT2D eigenvalue weighted by atomic mass is 9.80. The van der Waals surface area contributed by atoms with Gasteiger partial charge in [-0.3, -0.25) is 5.43 Å². The fraction of sp³-hybridized carbons (Fsp3) is 1.00. The van der Waals surface area contributed by atoms with E-state index in [0.29, 0.717) is 6.54 Å². The summed E-state index contributed by atoms with van der Waals surface area (Å²) in [7, 11) is 0. The fourth-order valence-corrected chi connectivity index (χ4v) is 2.18. The van der Waals surface area contributed by atoms with Crippen molar-refractivity contribution >= 4 is 0 Å². The van der Waals surface area contributed by atoms with Crippen LogP contribution in [0, 0.1) is 5.92 Å². The maximum Gasteiger partial charge on any atom is 0.0785 e. The lowest BCUT2D eigenvalue weighted by molar-refractivity contribution is -0.0219. The highest BCUT2D eigenvalue weighted by molar-refractivity contribution is 4.85. The molecule has 0 aromatic carbocycles. The van der Waals surface area contributed by atoms with Crippen LogP contribution in [0.4, 0.5) is 0 Å². The number of rotatable bonds is 5. The van der Waals surface area contributed by atoms with E-state index in [1.54, 1.807) is 0 Å². The van der Waals surface area contributed by atoms with Crippen molar-refractivity contribution in [3.05, 3.63) is 0 Å². The van der Waals surface area contributed by atoms with Crippen molar-refractivity contribution in [1.29, 1.82) is 0 Å². The average Bonchev–Trinajstić information content (AvgIpc) is 2.25. The maximum absolute atomic E-state index is 10.3. The fourth-order valence-electron chi connectivity index (χ4n) is 2.18. The van der Waals surface area contributed by atoms with Gasteiger partial charge >= 0.3 is 0 Å². The normalized spacial score (nSPS) is 32.2. The van der Waals surface area contributed by atoms with Crippen LogP contribution in [0.3, 0.4) is 0 Å².